The standard InChI is InChI=1S/C26H20O4P2.C12H8O2P.C3H8O.CH4.HO2P/c27-31(25-15-7-3-11-21(25)19-9-1-5-13-23(19)29-31)17-18-32(28)26-16-8-4-12-22(26)20-10-2-6-14-24(20)30-32;13-15-12-8-4-2-6-10(12)9-5-1-3-7-11(9)14-15;1-2-3-4;;1-3-2/h1-16H,17-18H2;1-8H;4H,2-3H2,1H3;1H4;(H,1,2)/q;+1;;;/i/hD. The largest absolute Gasteiger partial charge is 0.597 e. The fourth-order valence-electron chi connectivity index (χ4n) is 6.31. The first-order chi connectivity index (χ1) is 26.8. The zero-order valence-corrected chi connectivity index (χ0v) is 32.8. The summed E-state index contributed by atoms with van der Waals surface area (Å²) < 4.78 is 72.2. The summed E-state index contributed by atoms with van der Waals surface area (Å²) in [4.78, 5) is 3.21. The molecule has 1 aromatic heterocycles. The average molecular weight is 815 g/mol. The van der Waals surface area contributed by atoms with E-state index < -0.39 is 31.1 Å². The van der Waals surface area contributed by atoms with Crippen molar-refractivity contribution in [1.29, 1.82) is 1.43 Å². The van der Waals surface area contributed by atoms with Gasteiger partial charge in [-0.1, -0.05) is 117 Å². The summed E-state index contributed by atoms with van der Waals surface area (Å²) in [6, 6.07) is 45.8. The molecule has 0 amide bonds. The molecule has 282 valence electrons. The SMILES string of the molecule is C.CCCO.O=P1(CCP2(=O)Oc3ccccc3-c3ccccc32)Oc2ccccc2-c2ccccc21.O=[p+]1oc2ccccc2c2ccccc21.[2H]OP=O. The van der Waals surface area contributed by atoms with Crippen molar-refractivity contribution in [3.05, 3.63) is 146 Å². The highest BCUT2D eigenvalue weighted by Crippen LogP contribution is 2.60. The van der Waals surface area contributed by atoms with E-state index in [2.05, 4.69) is 4.90 Å². The number of hydrogen-bond donors (Lipinski definition) is 2. The molecule has 7 aromatic rings. The highest BCUT2D eigenvalue weighted by molar-refractivity contribution is 7.71. The Morgan fingerprint density at radius 1 is 0.636 bits per heavy atom. The first-order valence-electron chi connectivity index (χ1n) is 17.5. The Hall–Kier alpha value is -4.70. The van der Waals surface area contributed by atoms with Gasteiger partial charge in [-0.3, -0.25) is 9.13 Å². The van der Waals surface area contributed by atoms with Crippen molar-refractivity contribution in [2.45, 2.75) is 20.8 Å². The maximum Gasteiger partial charge on any atom is 0.597 e. The fraction of sp³-hybridized carbons (Fsp3) is 0.143. The Kier molecular flexibility index (Phi) is 13.6. The van der Waals surface area contributed by atoms with E-state index in [-0.39, 0.29) is 19.8 Å². The van der Waals surface area contributed by atoms with E-state index in [1.165, 1.54) is 0 Å². The molecule has 9 rings (SSSR count). The molecule has 0 radical (unpaired) electrons. The second-order valence-corrected chi connectivity index (χ2v) is 18.4. The molecule has 2 N–H and O–H groups in total. The lowest BCUT2D eigenvalue weighted by Gasteiger charge is -2.32. The summed E-state index contributed by atoms with van der Waals surface area (Å²) in [5.41, 5.74) is 4.37. The molecule has 0 spiro atoms. The molecule has 0 bridgehead atoms. The Morgan fingerprint density at radius 2 is 1.04 bits per heavy atom. The molecule has 6 aromatic carbocycles. The van der Waals surface area contributed by atoms with Crippen molar-refractivity contribution in [2.75, 3.05) is 18.9 Å². The third-order valence-corrected chi connectivity index (χ3v) is 15.1. The summed E-state index contributed by atoms with van der Waals surface area (Å²) in [5.74, 6) is 1.20. The smallest absolute Gasteiger partial charge is 0.439 e. The van der Waals surface area contributed by atoms with Crippen LogP contribution in [-0.2, 0) is 18.3 Å². The van der Waals surface area contributed by atoms with Gasteiger partial charge >= 0.3 is 16.3 Å². The first-order valence-corrected chi connectivity index (χ1v) is 22.6. The lowest BCUT2D eigenvalue weighted by Crippen LogP contribution is -2.25. The first kappa shape index (κ1) is 40.0. The molecule has 3 atom stereocenters. The normalized spacial score (nSPS) is 17.5. The van der Waals surface area contributed by atoms with Gasteiger partial charge in [0.15, 0.2) is 5.58 Å². The minimum Gasteiger partial charge on any atom is -0.439 e. The molecule has 9 nitrogen and oxygen atoms in total. The lowest BCUT2D eigenvalue weighted by molar-refractivity contribution is 0.295. The van der Waals surface area contributed by atoms with Crippen LogP contribution in [0.2, 0.25) is 0 Å². The van der Waals surface area contributed by atoms with Gasteiger partial charge in [0.05, 0.1) is 10.6 Å². The molecule has 2 aliphatic rings. The summed E-state index contributed by atoms with van der Waals surface area (Å²) in [5, 5.41) is 12.0. The summed E-state index contributed by atoms with van der Waals surface area (Å²) in [6.45, 7) is 2.25. The third kappa shape index (κ3) is 8.90. The minimum atomic E-state index is -3.29. The molecule has 0 saturated carbocycles. The molecule has 0 saturated heterocycles. The van der Waals surface area contributed by atoms with Crippen LogP contribution in [0, 0.1) is 0 Å². The maximum absolute atomic E-state index is 14.2. The second-order valence-electron chi connectivity index (χ2n) is 12.2. The molecule has 13 heteroatoms. The Balaban J connectivity index is 0.000000207. The van der Waals surface area contributed by atoms with E-state index in [9.17, 15) is 13.7 Å². The molecule has 0 fully saturated rings. The van der Waals surface area contributed by atoms with Gasteiger partial charge in [-0.25, -0.2) is 8.76 Å². The predicted molar refractivity (Wildman–Crippen MR) is 224 cm³/mol. The number of aliphatic hydroxyl groups excluding tert-OH is 1. The number of fused-ring (bicyclic) bond motifs is 9. The van der Waals surface area contributed by atoms with Crippen molar-refractivity contribution in [3.63, 3.8) is 0 Å². The van der Waals surface area contributed by atoms with Gasteiger partial charge in [-0.05, 0) is 64.6 Å². The van der Waals surface area contributed by atoms with E-state index >= 15 is 0 Å². The Morgan fingerprint density at radius 3 is 1.53 bits per heavy atom. The van der Waals surface area contributed by atoms with Crippen LogP contribution in [0.1, 0.15) is 20.8 Å². The van der Waals surface area contributed by atoms with Gasteiger partial charge in [0.1, 0.15) is 11.5 Å². The Bertz CT molecular complexity index is 2500. The molecular formula is C42H41O9P4+. The van der Waals surface area contributed by atoms with Crippen molar-refractivity contribution < 1.29 is 41.5 Å². The van der Waals surface area contributed by atoms with Crippen LogP contribution in [0.25, 0.3) is 43.7 Å². The van der Waals surface area contributed by atoms with Gasteiger partial charge in [0.2, 0.25) is 6.55 Å². The van der Waals surface area contributed by atoms with Crippen molar-refractivity contribution in [3.8, 4) is 33.8 Å². The van der Waals surface area contributed by atoms with Crippen LogP contribution in [0.3, 0.4) is 0 Å². The van der Waals surface area contributed by atoms with Crippen LogP contribution in [-0.4, -0.2) is 30.4 Å². The lowest BCUT2D eigenvalue weighted by atomic mass is 10.0. The van der Waals surface area contributed by atoms with Crippen molar-refractivity contribution in [2.24, 2.45) is 0 Å². The topological polar surface area (TPSA) is 140 Å². The van der Waals surface area contributed by atoms with Crippen molar-refractivity contribution >= 4 is 63.2 Å². The number of rotatable bonds is 5. The van der Waals surface area contributed by atoms with E-state index in [0.717, 1.165) is 44.6 Å². The van der Waals surface area contributed by atoms with Gasteiger partial charge < -0.3 is 19.0 Å². The quantitative estimate of drug-likeness (QED) is 0.128. The molecule has 2 aliphatic heterocycles. The molecule has 0 aliphatic carbocycles. The van der Waals surface area contributed by atoms with Gasteiger partial charge in [0.25, 0.3) is 14.7 Å². The van der Waals surface area contributed by atoms with Crippen LogP contribution in [0.5, 0.6) is 11.5 Å². The third-order valence-electron chi connectivity index (χ3n) is 8.76. The zero-order valence-electron chi connectivity index (χ0n) is 30.2. The highest BCUT2D eigenvalue weighted by Gasteiger charge is 2.41. The highest BCUT2D eigenvalue weighted by atomic mass is 31.2. The second kappa shape index (κ2) is 18.8. The molecule has 3 heterocycles. The van der Waals surface area contributed by atoms with E-state index in [0.29, 0.717) is 34.3 Å². The Labute approximate surface area is 324 Å². The number of benzene rings is 6. The summed E-state index contributed by atoms with van der Waals surface area (Å²) in [7, 11) is -8.92. The monoisotopic (exact) mass is 814 g/mol. The molecular weight excluding hydrogens is 772 g/mol. The van der Waals surface area contributed by atoms with Gasteiger partial charge in [-0.2, -0.15) is 0 Å². The fourth-order valence-corrected chi connectivity index (χ4v) is 13.0. The van der Waals surface area contributed by atoms with E-state index in [1.54, 1.807) is 0 Å². The van der Waals surface area contributed by atoms with Crippen LogP contribution >= 0.6 is 31.1 Å². The minimum absolute atomic E-state index is 0. The zero-order chi connectivity index (χ0) is 38.8. The average Bonchev–Trinajstić information content (AvgIpc) is 3.24. The van der Waals surface area contributed by atoms with Crippen LogP contribution in [0.4, 0.5) is 0 Å². The van der Waals surface area contributed by atoms with Crippen LogP contribution in [0.15, 0.2) is 150 Å². The maximum atomic E-state index is 14.2. The summed E-state index contributed by atoms with van der Waals surface area (Å²) >= 11 is 0. The van der Waals surface area contributed by atoms with Crippen molar-refractivity contribution in [1.82, 2.24) is 0 Å². The van der Waals surface area contributed by atoms with E-state index in [4.69, 9.17) is 24.3 Å². The molecule has 55 heavy (non-hydrogen) atoms. The summed E-state index contributed by atoms with van der Waals surface area (Å²) in [6.07, 6.45) is 1.14. The number of hydrogen-bond acceptors (Lipinski definition) is 9. The number of aliphatic hydroxyl groups is 1. The van der Waals surface area contributed by atoms with Gasteiger partial charge in [-0.15, -0.1) is 0 Å². The van der Waals surface area contributed by atoms with Crippen LogP contribution < -0.4 is 19.7 Å². The van der Waals surface area contributed by atoms with E-state index in [1.807, 2.05) is 153 Å². The molecule has 3 unspecified atom stereocenters. The predicted octanol–water partition coefficient (Wildman–Crippen LogP) is 11.9. The van der Waals surface area contributed by atoms with Gasteiger partial charge in [0, 0.05) is 40.8 Å². The number of para-hydroxylation sites is 3.